The predicted molar refractivity (Wildman–Crippen MR) is 69.6 cm³/mol. The quantitative estimate of drug-likeness (QED) is 0.626. The molecule has 3 N–H and O–H groups in total. The van der Waals surface area contributed by atoms with Crippen LogP contribution in [0.1, 0.15) is 12.5 Å². The zero-order chi connectivity index (χ0) is 14.4. The Morgan fingerprint density at radius 1 is 1.21 bits per heavy atom. The number of benzene rings is 1. The van der Waals surface area contributed by atoms with Gasteiger partial charge in [0, 0.05) is 7.05 Å². The Bertz CT molecular complexity index is 436. The molecule has 0 aliphatic carbocycles. The molecule has 0 aromatic heterocycles. The maximum atomic E-state index is 11.3. The van der Waals surface area contributed by atoms with Crippen LogP contribution in [0.2, 0.25) is 0 Å². The molecular weight excluding hydrogens is 248 g/mol. The van der Waals surface area contributed by atoms with Gasteiger partial charge in [0.25, 0.3) is 0 Å². The van der Waals surface area contributed by atoms with Gasteiger partial charge < -0.3 is 10.2 Å². The molecule has 0 radical (unpaired) electrons. The van der Waals surface area contributed by atoms with Crippen LogP contribution in [0.3, 0.4) is 0 Å². The van der Waals surface area contributed by atoms with Gasteiger partial charge in [0.2, 0.25) is 0 Å². The van der Waals surface area contributed by atoms with E-state index in [1.807, 2.05) is 30.3 Å². The lowest BCUT2D eigenvalue weighted by molar-refractivity contribution is -0.147. The number of hydrogen-bond donors (Lipinski definition) is 3. The van der Waals surface area contributed by atoms with Crippen molar-refractivity contribution in [2.75, 3.05) is 7.05 Å². The molecule has 0 saturated carbocycles. The molecule has 6 heteroatoms. The van der Waals surface area contributed by atoms with Crippen LogP contribution in [-0.4, -0.2) is 46.3 Å². The first kappa shape index (κ1) is 15.1. The first-order chi connectivity index (χ1) is 8.91. The van der Waals surface area contributed by atoms with E-state index in [4.69, 9.17) is 5.11 Å². The highest BCUT2D eigenvalue weighted by Crippen LogP contribution is 2.07. The van der Waals surface area contributed by atoms with E-state index in [9.17, 15) is 14.7 Å². The maximum absolute atomic E-state index is 11.3. The first-order valence-electron chi connectivity index (χ1n) is 5.90. The number of hydrazine groups is 1. The number of hydrogen-bond acceptors (Lipinski definition) is 4. The third-order valence-corrected chi connectivity index (χ3v) is 2.79. The Kier molecular flexibility index (Phi) is 5.47. The van der Waals surface area contributed by atoms with Crippen molar-refractivity contribution in [1.29, 1.82) is 0 Å². The minimum absolute atomic E-state index is 0.298. The Morgan fingerprint density at radius 3 is 2.26 bits per heavy atom. The number of carbonyl (C=O) groups is 2. The summed E-state index contributed by atoms with van der Waals surface area (Å²) in [6.07, 6.45) is 0.298. The molecule has 0 bridgehead atoms. The number of aliphatic carboxylic acids is 2. The molecule has 0 unspecified atom stereocenters. The summed E-state index contributed by atoms with van der Waals surface area (Å²) >= 11 is 0. The second-order valence-electron chi connectivity index (χ2n) is 4.34. The fraction of sp³-hybridized carbons (Fsp3) is 0.385. The monoisotopic (exact) mass is 266 g/mol. The predicted octanol–water partition coefficient (Wildman–Crippen LogP) is 0.592. The zero-order valence-corrected chi connectivity index (χ0v) is 10.9. The van der Waals surface area contributed by atoms with Crippen LogP contribution in [0, 0.1) is 0 Å². The average Bonchev–Trinajstić information content (AvgIpc) is 2.36. The first-order valence-corrected chi connectivity index (χ1v) is 5.90. The van der Waals surface area contributed by atoms with Crippen molar-refractivity contribution in [2.45, 2.75) is 25.4 Å². The second kappa shape index (κ2) is 6.86. The summed E-state index contributed by atoms with van der Waals surface area (Å²) < 4.78 is 0. The van der Waals surface area contributed by atoms with E-state index in [1.54, 1.807) is 0 Å². The molecular formula is C13H18N2O4. The minimum atomic E-state index is -1.03. The number of rotatable bonds is 7. The standard InChI is InChI=1S/C13H18N2O4/c1-9(12(16)17)14-15(2)11(13(18)19)8-10-6-4-3-5-7-10/h3-7,9,11,14H,8H2,1-2H3,(H,16,17)(H,18,19)/t9-,11-/m0/s1. The van der Waals surface area contributed by atoms with E-state index < -0.39 is 24.0 Å². The molecule has 0 aliphatic heterocycles. The molecule has 0 saturated heterocycles. The largest absolute Gasteiger partial charge is 0.480 e. The summed E-state index contributed by atoms with van der Waals surface area (Å²) in [6, 6.07) is 7.53. The molecule has 0 aliphatic rings. The number of carboxylic acid groups (broad SMARTS) is 2. The molecule has 2 atom stereocenters. The molecule has 0 spiro atoms. The van der Waals surface area contributed by atoms with Crippen molar-refractivity contribution < 1.29 is 19.8 Å². The van der Waals surface area contributed by atoms with Crippen LogP contribution in [0.5, 0.6) is 0 Å². The van der Waals surface area contributed by atoms with Gasteiger partial charge in [0.05, 0.1) is 0 Å². The molecule has 1 aromatic carbocycles. The molecule has 1 rings (SSSR count). The van der Waals surface area contributed by atoms with Gasteiger partial charge in [-0.3, -0.25) is 9.59 Å². The van der Waals surface area contributed by atoms with E-state index in [1.165, 1.54) is 19.0 Å². The molecule has 19 heavy (non-hydrogen) atoms. The normalized spacial score (nSPS) is 14.1. The van der Waals surface area contributed by atoms with Crippen molar-refractivity contribution in [3.8, 4) is 0 Å². The molecule has 104 valence electrons. The highest BCUT2D eigenvalue weighted by Gasteiger charge is 2.25. The van der Waals surface area contributed by atoms with Gasteiger partial charge in [-0.25, -0.2) is 10.4 Å². The summed E-state index contributed by atoms with van der Waals surface area (Å²) in [4.78, 5) is 22.0. The number of carboxylic acids is 2. The van der Waals surface area contributed by atoms with Gasteiger partial charge in [-0.05, 0) is 18.9 Å². The highest BCUT2D eigenvalue weighted by atomic mass is 16.4. The molecule has 6 nitrogen and oxygen atoms in total. The lowest BCUT2D eigenvalue weighted by atomic mass is 10.1. The molecule has 1 aromatic rings. The summed E-state index contributed by atoms with van der Waals surface area (Å²) in [5.74, 6) is -2.04. The topological polar surface area (TPSA) is 89.9 Å². The Labute approximate surface area is 111 Å². The van der Waals surface area contributed by atoms with Gasteiger partial charge >= 0.3 is 11.9 Å². The van der Waals surface area contributed by atoms with Crippen molar-refractivity contribution >= 4 is 11.9 Å². The molecule has 0 heterocycles. The summed E-state index contributed by atoms with van der Waals surface area (Å²) in [6.45, 7) is 1.46. The lowest BCUT2D eigenvalue weighted by Crippen LogP contribution is -2.53. The number of likely N-dealkylation sites (N-methyl/N-ethyl adjacent to an activating group) is 1. The third-order valence-electron chi connectivity index (χ3n) is 2.79. The summed E-state index contributed by atoms with van der Waals surface area (Å²) in [7, 11) is 1.53. The SMILES string of the molecule is C[C@H](NN(C)[C@@H](Cc1ccccc1)C(=O)O)C(=O)O. The van der Waals surface area contributed by atoms with Crippen LogP contribution >= 0.6 is 0 Å². The van der Waals surface area contributed by atoms with Crippen molar-refractivity contribution in [3.63, 3.8) is 0 Å². The van der Waals surface area contributed by atoms with E-state index in [0.717, 1.165) is 5.56 Å². The Balaban J connectivity index is 2.72. The molecule has 0 amide bonds. The van der Waals surface area contributed by atoms with Crippen LogP contribution in [-0.2, 0) is 16.0 Å². The van der Waals surface area contributed by atoms with E-state index in [0.29, 0.717) is 6.42 Å². The van der Waals surface area contributed by atoms with Crippen molar-refractivity contribution in [3.05, 3.63) is 35.9 Å². The van der Waals surface area contributed by atoms with E-state index in [2.05, 4.69) is 5.43 Å². The minimum Gasteiger partial charge on any atom is -0.480 e. The van der Waals surface area contributed by atoms with Crippen LogP contribution in [0.4, 0.5) is 0 Å². The second-order valence-corrected chi connectivity index (χ2v) is 4.34. The molecule has 0 fully saturated rings. The Hall–Kier alpha value is -1.92. The summed E-state index contributed by atoms with van der Waals surface area (Å²) in [5.41, 5.74) is 3.51. The smallest absolute Gasteiger partial charge is 0.322 e. The fourth-order valence-corrected chi connectivity index (χ4v) is 1.68. The number of nitrogens with zero attached hydrogens (tertiary/aromatic N) is 1. The summed E-state index contributed by atoms with van der Waals surface area (Å²) in [5, 5.41) is 19.4. The van der Waals surface area contributed by atoms with Crippen molar-refractivity contribution in [2.24, 2.45) is 0 Å². The van der Waals surface area contributed by atoms with Crippen molar-refractivity contribution in [1.82, 2.24) is 10.4 Å². The van der Waals surface area contributed by atoms with Crippen LogP contribution in [0.25, 0.3) is 0 Å². The maximum Gasteiger partial charge on any atom is 0.322 e. The van der Waals surface area contributed by atoms with Gasteiger partial charge in [-0.1, -0.05) is 30.3 Å². The van der Waals surface area contributed by atoms with Gasteiger partial charge in [0.1, 0.15) is 12.1 Å². The van der Waals surface area contributed by atoms with Gasteiger partial charge in [-0.15, -0.1) is 0 Å². The van der Waals surface area contributed by atoms with Crippen LogP contribution < -0.4 is 5.43 Å². The number of nitrogens with one attached hydrogen (secondary N) is 1. The Morgan fingerprint density at radius 2 is 1.79 bits per heavy atom. The zero-order valence-electron chi connectivity index (χ0n) is 10.9. The third kappa shape index (κ3) is 4.69. The van der Waals surface area contributed by atoms with Gasteiger partial charge in [0.15, 0.2) is 0 Å². The van der Waals surface area contributed by atoms with E-state index >= 15 is 0 Å². The van der Waals surface area contributed by atoms with E-state index in [-0.39, 0.29) is 0 Å². The lowest BCUT2D eigenvalue weighted by Gasteiger charge is -2.27. The average molecular weight is 266 g/mol. The fourth-order valence-electron chi connectivity index (χ4n) is 1.68. The highest BCUT2D eigenvalue weighted by molar-refractivity contribution is 5.74. The van der Waals surface area contributed by atoms with Gasteiger partial charge in [-0.2, -0.15) is 0 Å². The van der Waals surface area contributed by atoms with Crippen LogP contribution in [0.15, 0.2) is 30.3 Å².